The lowest BCUT2D eigenvalue weighted by Gasteiger charge is -2.15. The third-order valence-corrected chi connectivity index (χ3v) is 3.13. The van der Waals surface area contributed by atoms with Crippen molar-refractivity contribution >= 4 is 5.91 Å². The average Bonchev–Trinajstić information content (AvgIpc) is 2.87. The van der Waals surface area contributed by atoms with Crippen LogP contribution in [0, 0.1) is 6.92 Å². The molecular formula is C15H18N2O2. The predicted octanol–water partition coefficient (Wildman–Crippen LogP) is 2.91. The Bertz CT molecular complexity index is 534. The summed E-state index contributed by atoms with van der Waals surface area (Å²) >= 11 is 0. The zero-order valence-corrected chi connectivity index (χ0v) is 11.2. The zero-order valence-electron chi connectivity index (χ0n) is 11.2. The van der Waals surface area contributed by atoms with Crippen LogP contribution < -0.4 is 5.32 Å². The number of carbonyl (C=O) groups excluding carboxylic acids is 1. The smallest absolute Gasteiger partial charge is 0.273 e. The quantitative estimate of drug-likeness (QED) is 0.897. The predicted molar refractivity (Wildman–Crippen MR) is 73.0 cm³/mol. The van der Waals surface area contributed by atoms with Crippen LogP contribution in [0.15, 0.2) is 40.9 Å². The van der Waals surface area contributed by atoms with E-state index in [4.69, 9.17) is 4.52 Å². The number of benzene rings is 1. The van der Waals surface area contributed by atoms with Crippen LogP contribution in [0.5, 0.6) is 0 Å². The summed E-state index contributed by atoms with van der Waals surface area (Å²) in [6, 6.07) is 11.8. The summed E-state index contributed by atoms with van der Waals surface area (Å²) in [6.45, 7) is 4.48. The first-order valence-electron chi connectivity index (χ1n) is 6.47. The minimum Gasteiger partial charge on any atom is -0.361 e. The van der Waals surface area contributed by atoms with Crippen molar-refractivity contribution in [1.29, 1.82) is 0 Å². The van der Waals surface area contributed by atoms with Gasteiger partial charge in [0, 0.05) is 18.5 Å². The largest absolute Gasteiger partial charge is 0.361 e. The number of rotatable bonds is 5. The molecule has 19 heavy (non-hydrogen) atoms. The molecular weight excluding hydrogens is 240 g/mol. The number of hydrogen-bond donors (Lipinski definition) is 1. The van der Waals surface area contributed by atoms with Crippen molar-refractivity contribution in [3.05, 3.63) is 53.4 Å². The molecule has 0 radical (unpaired) electrons. The van der Waals surface area contributed by atoms with Crippen LogP contribution in [0.25, 0.3) is 0 Å². The normalized spacial score (nSPS) is 12.1. The van der Waals surface area contributed by atoms with E-state index in [9.17, 15) is 4.79 Å². The molecule has 2 aromatic rings. The van der Waals surface area contributed by atoms with Crippen molar-refractivity contribution in [2.45, 2.75) is 26.2 Å². The second-order valence-corrected chi connectivity index (χ2v) is 4.55. The van der Waals surface area contributed by atoms with E-state index in [1.54, 1.807) is 13.0 Å². The van der Waals surface area contributed by atoms with Gasteiger partial charge in [0.05, 0.1) is 0 Å². The second-order valence-electron chi connectivity index (χ2n) is 4.55. The first kappa shape index (κ1) is 13.3. The molecule has 0 saturated carbocycles. The highest BCUT2D eigenvalue weighted by Gasteiger charge is 2.14. The maximum absolute atomic E-state index is 11.9. The van der Waals surface area contributed by atoms with Crippen molar-refractivity contribution < 1.29 is 9.32 Å². The Morgan fingerprint density at radius 2 is 2.11 bits per heavy atom. The molecule has 0 aliphatic carbocycles. The van der Waals surface area contributed by atoms with Crippen molar-refractivity contribution in [3.63, 3.8) is 0 Å². The number of hydrogen-bond acceptors (Lipinski definition) is 3. The van der Waals surface area contributed by atoms with E-state index in [0.717, 1.165) is 6.42 Å². The molecule has 1 heterocycles. The Kier molecular flexibility index (Phi) is 4.34. The van der Waals surface area contributed by atoms with E-state index in [0.29, 0.717) is 23.9 Å². The monoisotopic (exact) mass is 258 g/mol. The van der Waals surface area contributed by atoms with Gasteiger partial charge in [0.1, 0.15) is 5.76 Å². The Morgan fingerprint density at radius 3 is 2.68 bits per heavy atom. The van der Waals surface area contributed by atoms with Gasteiger partial charge in [-0.05, 0) is 18.9 Å². The fraction of sp³-hybridized carbons (Fsp3) is 0.333. The highest BCUT2D eigenvalue weighted by molar-refractivity contribution is 5.92. The van der Waals surface area contributed by atoms with Gasteiger partial charge in [-0.25, -0.2) is 0 Å². The van der Waals surface area contributed by atoms with Crippen LogP contribution in [-0.2, 0) is 0 Å². The van der Waals surface area contributed by atoms with Crippen LogP contribution in [0.2, 0.25) is 0 Å². The molecule has 2 rings (SSSR count). The lowest BCUT2D eigenvalue weighted by molar-refractivity contribution is 0.0942. The molecule has 1 aromatic heterocycles. The van der Waals surface area contributed by atoms with Crippen molar-refractivity contribution in [3.8, 4) is 0 Å². The van der Waals surface area contributed by atoms with E-state index in [-0.39, 0.29) is 5.91 Å². The molecule has 0 aliphatic heterocycles. The zero-order chi connectivity index (χ0) is 13.7. The van der Waals surface area contributed by atoms with Crippen LogP contribution >= 0.6 is 0 Å². The Labute approximate surface area is 112 Å². The second kappa shape index (κ2) is 6.18. The fourth-order valence-electron chi connectivity index (χ4n) is 2.00. The number of aryl methyl sites for hydroxylation is 1. The standard InChI is InChI=1S/C15H18N2O2/c1-3-12(13-7-5-4-6-8-13)10-16-15(18)14-9-11(2)19-17-14/h4-9,12H,3,10H2,1-2H3,(H,16,18)/t12-/m1/s1. The summed E-state index contributed by atoms with van der Waals surface area (Å²) in [5.74, 6) is 0.768. The van der Waals surface area contributed by atoms with Gasteiger partial charge in [-0.1, -0.05) is 42.4 Å². The molecule has 0 saturated heterocycles. The molecule has 4 heteroatoms. The topological polar surface area (TPSA) is 55.1 Å². The molecule has 1 aromatic carbocycles. The van der Waals surface area contributed by atoms with E-state index in [1.807, 2.05) is 18.2 Å². The van der Waals surface area contributed by atoms with Crippen LogP contribution in [-0.4, -0.2) is 17.6 Å². The van der Waals surface area contributed by atoms with Gasteiger partial charge in [-0.3, -0.25) is 4.79 Å². The van der Waals surface area contributed by atoms with E-state index < -0.39 is 0 Å². The van der Waals surface area contributed by atoms with Crippen LogP contribution in [0.1, 0.15) is 41.1 Å². The molecule has 1 N–H and O–H groups in total. The molecule has 1 atom stereocenters. The maximum atomic E-state index is 11.9. The Morgan fingerprint density at radius 1 is 1.37 bits per heavy atom. The SMILES string of the molecule is CC[C@H](CNC(=O)c1cc(C)on1)c1ccccc1. The molecule has 100 valence electrons. The lowest BCUT2D eigenvalue weighted by atomic mass is 9.96. The van der Waals surface area contributed by atoms with Gasteiger partial charge in [0.25, 0.3) is 5.91 Å². The number of nitrogens with one attached hydrogen (secondary N) is 1. The average molecular weight is 258 g/mol. The van der Waals surface area contributed by atoms with Gasteiger partial charge in [0.15, 0.2) is 5.69 Å². The van der Waals surface area contributed by atoms with E-state index in [1.165, 1.54) is 5.56 Å². The van der Waals surface area contributed by atoms with Gasteiger partial charge < -0.3 is 9.84 Å². The van der Waals surface area contributed by atoms with E-state index >= 15 is 0 Å². The Hall–Kier alpha value is -2.10. The molecule has 4 nitrogen and oxygen atoms in total. The minimum absolute atomic E-state index is 0.189. The molecule has 1 amide bonds. The minimum atomic E-state index is -0.189. The molecule has 0 bridgehead atoms. The van der Waals surface area contributed by atoms with Gasteiger partial charge >= 0.3 is 0 Å². The third kappa shape index (κ3) is 3.44. The van der Waals surface area contributed by atoms with Crippen molar-refractivity contribution in [2.24, 2.45) is 0 Å². The Balaban J connectivity index is 1.95. The lowest BCUT2D eigenvalue weighted by Crippen LogP contribution is -2.28. The fourth-order valence-corrected chi connectivity index (χ4v) is 2.00. The number of aromatic nitrogens is 1. The highest BCUT2D eigenvalue weighted by atomic mass is 16.5. The number of nitrogens with zero attached hydrogens (tertiary/aromatic N) is 1. The summed E-state index contributed by atoms with van der Waals surface area (Å²) in [6.07, 6.45) is 0.974. The summed E-state index contributed by atoms with van der Waals surface area (Å²) < 4.78 is 4.89. The van der Waals surface area contributed by atoms with E-state index in [2.05, 4.69) is 29.5 Å². The van der Waals surface area contributed by atoms with Crippen molar-refractivity contribution in [1.82, 2.24) is 10.5 Å². The molecule has 0 spiro atoms. The van der Waals surface area contributed by atoms with Gasteiger partial charge in [0.2, 0.25) is 0 Å². The third-order valence-electron chi connectivity index (χ3n) is 3.13. The van der Waals surface area contributed by atoms with Gasteiger partial charge in [-0.2, -0.15) is 0 Å². The number of amides is 1. The number of carbonyl (C=O) groups is 1. The highest BCUT2D eigenvalue weighted by Crippen LogP contribution is 2.18. The first-order chi connectivity index (χ1) is 9.20. The summed E-state index contributed by atoms with van der Waals surface area (Å²) in [7, 11) is 0. The molecule has 0 aliphatic rings. The van der Waals surface area contributed by atoms with Crippen LogP contribution in [0.3, 0.4) is 0 Å². The summed E-state index contributed by atoms with van der Waals surface area (Å²) in [5.41, 5.74) is 1.57. The molecule has 0 unspecified atom stereocenters. The first-order valence-corrected chi connectivity index (χ1v) is 6.47. The van der Waals surface area contributed by atoms with Crippen molar-refractivity contribution in [2.75, 3.05) is 6.54 Å². The van der Waals surface area contributed by atoms with Crippen LogP contribution in [0.4, 0.5) is 0 Å². The summed E-state index contributed by atoms with van der Waals surface area (Å²) in [5, 5.41) is 6.61. The summed E-state index contributed by atoms with van der Waals surface area (Å²) in [4.78, 5) is 11.9. The van der Waals surface area contributed by atoms with Gasteiger partial charge in [-0.15, -0.1) is 0 Å². The molecule has 0 fully saturated rings. The maximum Gasteiger partial charge on any atom is 0.273 e.